The number of hydrogen-bond acceptors (Lipinski definition) is 4. The Balaban J connectivity index is 1.33. The molecule has 0 spiro atoms. The van der Waals surface area contributed by atoms with Gasteiger partial charge >= 0.3 is 0 Å². The Labute approximate surface area is 145 Å². The van der Waals surface area contributed by atoms with Gasteiger partial charge in [0.25, 0.3) is 0 Å². The Morgan fingerprint density at radius 2 is 1.83 bits per heavy atom. The molecule has 3 aliphatic rings. The zero-order valence-electron chi connectivity index (χ0n) is 15.0. The smallest absolute Gasteiger partial charge is 0.127 e. The van der Waals surface area contributed by atoms with Crippen LogP contribution < -0.4 is 9.47 Å². The summed E-state index contributed by atoms with van der Waals surface area (Å²) in [5.74, 6) is 3.84. The van der Waals surface area contributed by atoms with Crippen LogP contribution in [0.5, 0.6) is 11.5 Å². The summed E-state index contributed by atoms with van der Waals surface area (Å²) >= 11 is 0. The van der Waals surface area contributed by atoms with Crippen molar-refractivity contribution in [1.82, 2.24) is 9.80 Å². The van der Waals surface area contributed by atoms with E-state index in [0.717, 1.165) is 35.9 Å². The normalized spacial score (nSPS) is 30.7. The molecule has 0 unspecified atom stereocenters. The minimum Gasteiger partial charge on any atom is -0.497 e. The van der Waals surface area contributed by atoms with Crippen LogP contribution in [-0.2, 0) is 6.54 Å². The van der Waals surface area contributed by atoms with Gasteiger partial charge in [-0.25, -0.2) is 0 Å². The molecule has 2 aliphatic carbocycles. The standard InChI is InChI=1S/C20H30N2O2/c1-23-18-6-5-17(20(13-18)24-2)14-21-7-9-22(10-8-21)19-12-15-3-4-16(19)11-15/h5-6,13,15-16,19H,3-4,7-12,14H2,1-2H3/t15-,16+,19-/m0/s1. The molecular formula is C20H30N2O2. The Bertz CT molecular complexity index is 569. The molecule has 4 rings (SSSR count). The van der Waals surface area contributed by atoms with Crippen LogP contribution in [0.1, 0.15) is 31.2 Å². The summed E-state index contributed by atoms with van der Waals surface area (Å²) in [7, 11) is 3.44. The van der Waals surface area contributed by atoms with Crippen molar-refractivity contribution in [2.75, 3.05) is 40.4 Å². The molecule has 24 heavy (non-hydrogen) atoms. The number of methoxy groups -OCH3 is 2. The van der Waals surface area contributed by atoms with E-state index in [1.807, 2.05) is 12.1 Å². The third kappa shape index (κ3) is 3.14. The van der Waals surface area contributed by atoms with Crippen LogP contribution in [0.2, 0.25) is 0 Å². The Hall–Kier alpha value is -1.26. The van der Waals surface area contributed by atoms with Gasteiger partial charge in [-0.2, -0.15) is 0 Å². The molecule has 1 heterocycles. The van der Waals surface area contributed by atoms with Crippen molar-refractivity contribution in [3.05, 3.63) is 23.8 Å². The molecular weight excluding hydrogens is 300 g/mol. The van der Waals surface area contributed by atoms with Crippen molar-refractivity contribution in [3.8, 4) is 11.5 Å². The first kappa shape index (κ1) is 16.2. The van der Waals surface area contributed by atoms with Gasteiger partial charge in [0.05, 0.1) is 14.2 Å². The second-order valence-corrected chi connectivity index (χ2v) is 7.73. The zero-order valence-corrected chi connectivity index (χ0v) is 15.0. The molecule has 132 valence electrons. The largest absolute Gasteiger partial charge is 0.497 e. The quantitative estimate of drug-likeness (QED) is 0.828. The fraction of sp³-hybridized carbons (Fsp3) is 0.700. The van der Waals surface area contributed by atoms with Crippen molar-refractivity contribution in [1.29, 1.82) is 0 Å². The highest BCUT2D eigenvalue weighted by Gasteiger charge is 2.42. The molecule has 0 amide bonds. The highest BCUT2D eigenvalue weighted by Crippen LogP contribution is 2.46. The topological polar surface area (TPSA) is 24.9 Å². The van der Waals surface area contributed by atoms with Crippen LogP contribution in [0.4, 0.5) is 0 Å². The summed E-state index contributed by atoms with van der Waals surface area (Å²) in [4.78, 5) is 5.35. The first-order valence-electron chi connectivity index (χ1n) is 9.44. The lowest BCUT2D eigenvalue weighted by Crippen LogP contribution is -2.51. The average Bonchev–Trinajstić information content (AvgIpc) is 3.26. The van der Waals surface area contributed by atoms with Crippen LogP contribution in [0.25, 0.3) is 0 Å². The lowest BCUT2D eigenvalue weighted by Gasteiger charge is -2.41. The predicted molar refractivity (Wildman–Crippen MR) is 95.6 cm³/mol. The molecule has 0 N–H and O–H groups in total. The number of ether oxygens (including phenoxy) is 2. The number of hydrogen-bond donors (Lipinski definition) is 0. The Morgan fingerprint density at radius 3 is 2.46 bits per heavy atom. The van der Waals surface area contributed by atoms with Gasteiger partial charge in [-0.1, -0.05) is 12.5 Å². The molecule has 4 nitrogen and oxygen atoms in total. The monoisotopic (exact) mass is 330 g/mol. The van der Waals surface area contributed by atoms with Crippen LogP contribution in [0, 0.1) is 11.8 Å². The lowest BCUT2D eigenvalue weighted by atomic mass is 9.93. The maximum absolute atomic E-state index is 5.55. The molecule has 1 aromatic carbocycles. The molecule has 2 bridgehead atoms. The molecule has 0 aromatic heterocycles. The Morgan fingerprint density at radius 1 is 1.00 bits per heavy atom. The number of benzene rings is 1. The molecule has 0 radical (unpaired) electrons. The van der Waals surface area contributed by atoms with E-state index in [9.17, 15) is 0 Å². The van der Waals surface area contributed by atoms with E-state index in [2.05, 4.69) is 15.9 Å². The summed E-state index contributed by atoms with van der Waals surface area (Å²) in [6.07, 6.45) is 5.96. The van der Waals surface area contributed by atoms with Crippen molar-refractivity contribution in [2.24, 2.45) is 11.8 Å². The van der Waals surface area contributed by atoms with Crippen LogP contribution in [0.3, 0.4) is 0 Å². The average molecular weight is 330 g/mol. The maximum Gasteiger partial charge on any atom is 0.127 e. The predicted octanol–water partition coefficient (Wildman–Crippen LogP) is 3.01. The first-order chi connectivity index (χ1) is 11.8. The number of fused-ring (bicyclic) bond motifs is 2. The third-order valence-corrected chi connectivity index (χ3v) is 6.46. The van der Waals surface area contributed by atoms with Gasteiger partial charge in [0.15, 0.2) is 0 Å². The SMILES string of the molecule is COc1ccc(CN2CCN([C@H]3C[C@H]4CC[C@@H]3C4)CC2)c(OC)c1. The molecule has 1 aromatic rings. The van der Waals surface area contributed by atoms with E-state index in [1.54, 1.807) is 14.2 Å². The number of nitrogens with zero attached hydrogens (tertiary/aromatic N) is 2. The second-order valence-electron chi connectivity index (χ2n) is 7.73. The summed E-state index contributed by atoms with van der Waals surface area (Å²) in [6, 6.07) is 7.05. The van der Waals surface area contributed by atoms with Gasteiger partial charge in [-0.3, -0.25) is 9.80 Å². The fourth-order valence-electron chi connectivity index (χ4n) is 5.13. The third-order valence-electron chi connectivity index (χ3n) is 6.46. The van der Waals surface area contributed by atoms with E-state index in [0.29, 0.717) is 0 Å². The summed E-state index contributed by atoms with van der Waals surface area (Å²) in [5, 5.41) is 0. The van der Waals surface area contributed by atoms with Gasteiger partial charge in [-0.15, -0.1) is 0 Å². The van der Waals surface area contributed by atoms with Crippen molar-refractivity contribution in [2.45, 2.75) is 38.3 Å². The van der Waals surface area contributed by atoms with Crippen molar-refractivity contribution < 1.29 is 9.47 Å². The molecule has 1 aliphatic heterocycles. The van der Waals surface area contributed by atoms with E-state index in [-0.39, 0.29) is 0 Å². The number of rotatable bonds is 5. The second kappa shape index (κ2) is 6.93. The van der Waals surface area contributed by atoms with Crippen molar-refractivity contribution in [3.63, 3.8) is 0 Å². The highest BCUT2D eigenvalue weighted by atomic mass is 16.5. The van der Waals surface area contributed by atoms with E-state index in [1.165, 1.54) is 57.4 Å². The van der Waals surface area contributed by atoms with Crippen molar-refractivity contribution >= 4 is 0 Å². The molecule has 3 atom stereocenters. The fourth-order valence-corrected chi connectivity index (χ4v) is 5.13. The summed E-state index contributed by atoms with van der Waals surface area (Å²) in [5.41, 5.74) is 1.26. The minimum atomic E-state index is 0.858. The van der Waals surface area contributed by atoms with E-state index in [4.69, 9.17) is 9.47 Å². The van der Waals surface area contributed by atoms with Crippen LogP contribution in [0.15, 0.2) is 18.2 Å². The summed E-state index contributed by atoms with van der Waals surface area (Å²) in [6.45, 7) is 5.77. The van der Waals surface area contributed by atoms with E-state index < -0.39 is 0 Å². The van der Waals surface area contributed by atoms with Crippen LogP contribution >= 0.6 is 0 Å². The molecule has 4 heteroatoms. The molecule has 1 saturated heterocycles. The first-order valence-corrected chi connectivity index (χ1v) is 9.44. The minimum absolute atomic E-state index is 0.858. The molecule has 3 fully saturated rings. The van der Waals surface area contributed by atoms with E-state index >= 15 is 0 Å². The van der Waals surface area contributed by atoms with Gasteiger partial charge in [0.2, 0.25) is 0 Å². The van der Waals surface area contributed by atoms with Gasteiger partial charge in [0.1, 0.15) is 11.5 Å². The highest BCUT2D eigenvalue weighted by molar-refractivity contribution is 5.40. The maximum atomic E-state index is 5.55. The van der Waals surface area contributed by atoms with Gasteiger partial charge in [-0.05, 0) is 37.2 Å². The lowest BCUT2D eigenvalue weighted by molar-refractivity contribution is 0.0676. The molecule has 2 saturated carbocycles. The Kier molecular flexibility index (Phi) is 4.68. The summed E-state index contributed by atoms with van der Waals surface area (Å²) < 4.78 is 10.8. The van der Waals surface area contributed by atoms with Gasteiger partial charge < -0.3 is 9.47 Å². The number of piperazine rings is 1. The zero-order chi connectivity index (χ0) is 16.5. The van der Waals surface area contributed by atoms with Gasteiger partial charge in [0, 0.05) is 50.4 Å². The van der Waals surface area contributed by atoms with Crippen LogP contribution in [-0.4, -0.2) is 56.2 Å².